The molecule has 1 rings (SSSR count). The molecule has 0 aromatic rings. The van der Waals surface area contributed by atoms with Crippen molar-refractivity contribution in [3.05, 3.63) is 0 Å². The first kappa shape index (κ1) is 8.02. The first-order valence-electron chi connectivity index (χ1n) is 4.00. The second-order valence-corrected chi connectivity index (χ2v) is 3.35. The van der Waals surface area contributed by atoms with E-state index >= 15 is 0 Å². The Morgan fingerprint density at radius 3 is 2.60 bits per heavy atom. The van der Waals surface area contributed by atoms with Gasteiger partial charge in [0.05, 0.1) is 0 Å². The normalized spacial score (nSPS) is 34.8. The van der Waals surface area contributed by atoms with Gasteiger partial charge in [-0.25, -0.2) is 0 Å². The standard InChI is InChI=1S/C8H16O2/c1-6(2)7-3-4-10-8(9)5-7/h6-9H,3-5H2,1-2H3. The van der Waals surface area contributed by atoms with Gasteiger partial charge in [0.15, 0.2) is 6.29 Å². The molecule has 10 heavy (non-hydrogen) atoms. The molecule has 1 N–H and O–H groups in total. The molecular weight excluding hydrogens is 128 g/mol. The molecule has 2 atom stereocenters. The van der Waals surface area contributed by atoms with E-state index in [1.165, 1.54) is 0 Å². The predicted molar refractivity (Wildman–Crippen MR) is 39.5 cm³/mol. The Kier molecular flexibility index (Phi) is 2.69. The van der Waals surface area contributed by atoms with Gasteiger partial charge in [-0.2, -0.15) is 0 Å². The zero-order valence-corrected chi connectivity index (χ0v) is 6.71. The van der Waals surface area contributed by atoms with Gasteiger partial charge in [-0.3, -0.25) is 0 Å². The molecule has 0 aromatic carbocycles. The van der Waals surface area contributed by atoms with Crippen LogP contribution in [0.3, 0.4) is 0 Å². The van der Waals surface area contributed by atoms with E-state index < -0.39 is 6.29 Å². The number of hydrogen-bond acceptors (Lipinski definition) is 2. The highest BCUT2D eigenvalue weighted by Gasteiger charge is 2.22. The summed E-state index contributed by atoms with van der Waals surface area (Å²) in [5.74, 6) is 1.34. The lowest BCUT2D eigenvalue weighted by molar-refractivity contribution is -0.143. The lowest BCUT2D eigenvalue weighted by Crippen LogP contribution is -2.27. The van der Waals surface area contributed by atoms with Crippen molar-refractivity contribution < 1.29 is 9.84 Å². The van der Waals surface area contributed by atoms with E-state index in [1.54, 1.807) is 0 Å². The maximum atomic E-state index is 9.11. The molecule has 1 heterocycles. The van der Waals surface area contributed by atoms with Crippen molar-refractivity contribution in [2.75, 3.05) is 6.61 Å². The van der Waals surface area contributed by atoms with Crippen molar-refractivity contribution in [2.24, 2.45) is 11.8 Å². The average Bonchev–Trinajstić information content (AvgIpc) is 1.88. The molecule has 0 aromatic heterocycles. The minimum Gasteiger partial charge on any atom is -0.368 e. The van der Waals surface area contributed by atoms with Crippen LogP contribution in [0.5, 0.6) is 0 Å². The summed E-state index contributed by atoms with van der Waals surface area (Å²) in [7, 11) is 0. The monoisotopic (exact) mass is 144 g/mol. The molecule has 2 unspecified atom stereocenters. The number of rotatable bonds is 1. The summed E-state index contributed by atoms with van der Waals surface area (Å²) in [6.07, 6.45) is 1.42. The molecule has 1 aliphatic heterocycles. The van der Waals surface area contributed by atoms with Crippen LogP contribution < -0.4 is 0 Å². The minimum atomic E-state index is -0.499. The highest BCUT2D eigenvalue weighted by molar-refractivity contribution is 4.68. The zero-order chi connectivity index (χ0) is 7.56. The highest BCUT2D eigenvalue weighted by atomic mass is 16.6. The van der Waals surface area contributed by atoms with Crippen LogP contribution in [0.2, 0.25) is 0 Å². The van der Waals surface area contributed by atoms with Crippen molar-refractivity contribution >= 4 is 0 Å². The van der Waals surface area contributed by atoms with Crippen LogP contribution in [0.25, 0.3) is 0 Å². The van der Waals surface area contributed by atoms with Gasteiger partial charge < -0.3 is 9.84 Å². The summed E-state index contributed by atoms with van der Waals surface area (Å²) in [6.45, 7) is 5.12. The van der Waals surface area contributed by atoms with Gasteiger partial charge in [0, 0.05) is 13.0 Å². The van der Waals surface area contributed by atoms with Crippen molar-refractivity contribution in [3.8, 4) is 0 Å². The van der Waals surface area contributed by atoms with Crippen molar-refractivity contribution in [3.63, 3.8) is 0 Å². The smallest absolute Gasteiger partial charge is 0.154 e. The summed E-state index contributed by atoms with van der Waals surface area (Å²) >= 11 is 0. The molecule has 0 amide bonds. The predicted octanol–water partition coefficient (Wildman–Crippen LogP) is 1.39. The first-order chi connectivity index (χ1) is 4.70. The second-order valence-electron chi connectivity index (χ2n) is 3.35. The average molecular weight is 144 g/mol. The SMILES string of the molecule is CC(C)C1CCOC(O)C1. The van der Waals surface area contributed by atoms with Crippen LogP contribution in [0.15, 0.2) is 0 Å². The van der Waals surface area contributed by atoms with Gasteiger partial charge in [-0.15, -0.1) is 0 Å². The molecule has 2 heteroatoms. The Hall–Kier alpha value is -0.0800. The van der Waals surface area contributed by atoms with E-state index in [9.17, 15) is 0 Å². The summed E-state index contributed by atoms with van der Waals surface area (Å²) < 4.78 is 5.01. The topological polar surface area (TPSA) is 29.5 Å². The fraction of sp³-hybridized carbons (Fsp3) is 1.00. The maximum Gasteiger partial charge on any atom is 0.154 e. The number of aliphatic hydroxyl groups excluding tert-OH is 1. The highest BCUT2D eigenvalue weighted by Crippen LogP contribution is 2.25. The van der Waals surface area contributed by atoms with Crippen LogP contribution >= 0.6 is 0 Å². The Bertz CT molecular complexity index is 101. The van der Waals surface area contributed by atoms with E-state index in [0.717, 1.165) is 19.4 Å². The Balaban J connectivity index is 2.32. The third-order valence-electron chi connectivity index (χ3n) is 2.25. The molecule has 0 bridgehead atoms. The lowest BCUT2D eigenvalue weighted by Gasteiger charge is -2.28. The third-order valence-corrected chi connectivity index (χ3v) is 2.25. The summed E-state index contributed by atoms with van der Waals surface area (Å²) in [5.41, 5.74) is 0. The van der Waals surface area contributed by atoms with Gasteiger partial charge in [-0.05, 0) is 18.3 Å². The van der Waals surface area contributed by atoms with E-state index in [4.69, 9.17) is 9.84 Å². The Morgan fingerprint density at radius 2 is 2.20 bits per heavy atom. The first-order valence-corrected chi connectivity index (χ1v) is 4.00. The molecule has 0 aliphatic carbocycles. The molecule has 1 saturated heterocycles. The van der Waals surface area contributed by atoms with Gasteiger partial charge in [-0.1, -0.05) is 13.8 Å². The van der Waals surface area contributed by atoms with Gasteiger partial charge in [0.25, 0.3) is 0 Å². The van der Waals surface area contributed by atoms with Crippen LogP contribution in [-0.4, -0.2) is 18.0 Å². The molecule has 1 fully saturated rings. The fourth-order valence-corrected chi connectivity index (χ4v) is 1.41. The minimum absolute atomic E-state index is 0.499. The van der Waals surface area contributed by atoms with Crippen LogP contribution in [-0.2, 0) is 4.74 Å². The largest absolute Gasteiger partial charge is 0.368 e. The fourth-order valence-electron chi connectivity index (χ4n) is 1.41. The number of aliphatic hydroxyl groups is 1. The van der Waals surface area contributed by atoms with E-state index in [1.807, 2.05) is 0 Å². The number of ether oxygens (including phenoxy) is 1. The Labute approximate surface area is 62.2 Å². The van der Waals surface area contributed by atoms with Gasteiger partial charge >= 0.3 is 0 Å². The van der Waals surface area contributed by atoms with E-state index in [0.29, 0.717) is 11.8 Å². The lowest BCUT2D eigenvalue weighted by atomic mass is 9.88. The van der Waals surface area contributed by atoms with Crippen molar-refractivity contribution in [2.45, 2.75) is 33.0 Å². The van der Waals surface area contributed by atoms with Gasteiger partial charge in [0.2, 0.25) is 0 Å². The van der Waals surface area contributed by atoms with E-state index in [2.05, 4.69) is 13.8 Å². The summed E-state index contributed by atoms with van der Waals surface area (Å²) in [4.78, 5) is 0. The molecule has 0 radical (unpaired) electrons. The molecular formula is C8H16O2. The van der Waals surface area contributed by atoms with Crippen molar-refractivity contribution in [1.29, 1.82) is 0 Å². The van der Waals surface area contributed by atoms with Crippen LogP contribution in [0.1, 0.15) is 26.7 Å². The molecule has 0 spiro atoms. The number of hydrogen-bond donors (Lipinski definition) is 1. The molecule has 1 aliphatic rings. The quantitative estimate of drug-likeness (QED) is 0.602. The molecule has 0 saturated carbocycles. The van der Waals surface area contributed by atoms with Gasteiger partial charge in [0.1, 0.15) is 0 Å². The van der Waals surface area contributed by atoms with E-state index in [-0.39, 0.29) is 0 Å². The Morgan fingerprint density at radius 1 is 1.50 bits per heavy atom. The van der Waals surface area contributed by atoms with Crippen LogP contribution in [0, 0.1) is 11.8 Å². The maximum absolute atomic E-state index is 9.11. The van der Waals surface area contributed by atoms with Crippen molar-refractivity contribution in [1.82, 2.24) is 0 Å². The zero-order valence-electron chi connectivity index (χ0n) is 6.71. The molecule has 2 nitrogen and oxygen atoms in total. The van der Waals surface area contributed by atoms with Crippen LogP contribution in [0.4, 0.5) is 0 Å². The summed E-state index contributed by atoms with van der Waals surface area (Å²) in [5, 5.41) is 9.11. The third kappa shape index (κ3) is 1.96. The summed E-state index contributed by atoms with van der Waals surface area (Å²) in [6, 6.07) is 0. The molecule has 60 valence electrons. The second kappa shape index (κ2) is 3.35.